The van der Waals surface area contributed by atoms with Gasteiger partial charge in [0.25, 0.3) is 0 Å². The summed E-state index contributed by atoms with van der Waals surface area (Å²) in [5, 5.41) is 1.09. The SMILES string of the molecule is CC1COCCN1c1c(C(N)=S)cnc2ccccc12. The van der Waals surface area contributed by atoms with Crippen molar-refractivity contribution < 1.29 is 4.74 Å². The molecule has 1 unspecified atom stereocenters. The smallest absolute Gasteiger partial charge is 0.107 e. The highest BCUT2D eigenvalue weighted by atomic mass is 32.1. The maximum absolute atomic E-state index is 5.89. The number of fused-ring (bicyclic) bond motifs is 1. The van der Waals surface area contributed by atoms with Crippen LogP contribution in [0.2, 0.25) is 0 Å². The number of nitrogens with zero attached hydrogens (tertiary/aromatic N) is 2. The molecule has 1 fully saturated rings. The highest BCUT2D eigenvalue weighted by molar-refractivity contribution is 7.80. The number of para-hydroxylation sites is 1. The molecule has 20 heavy (non-hydrogen) atoms. The summed E-state index contributed by atoms with van der Waals surface area (Å²) in [6, 6.07) is 8.38. The van der Waals surface area contributed by atoms with Crippen LogP contribution in [0.25, 0.3) is 10.9 Å². The van der Waals surface area contributed by atoms with Crippen LogP contribution in [0.5, 0.6) is 0 Å². The van der Waals surface area contributed by atoms with Gasteiger partial charge < -0.3 is 15.4 Å². The van der Waals surface area contributed by atoms with Gasteiger partial charge in [0.05, 0.1) is 30.0 Å². The maximum Gasteiger partial charge on any atom is 0.107 e. The van der Waals surface area contributed by atoms with Crippen molar-refractivity contribution in [2.45, 2.75) is 13.0 Å². The van der Waals surface area contributed by atoms with Crippen LogP contribution in [0, 0.1) is 0 Å². The zero-order chi connectivity index (χ0) is 14.1. The number of nitrogens with two attached hydrogens (primary N) is 1. The Morgan fingerprint density at radius 3 is 3.00 bits per heavy atom. The normalized spacial score (nSPS) is 19.2. The number of benzene rings is 1. The van der Waals surface area contributed by atoms with Crippen molar-refractivity contribution >= 4 is 33.8 Å². The van der Waals surface area contributed by atoms with Gasteiger partial charge in [-0.05, 0) is 13.0 Å². The molecule has 0 bridgehead atoms. The third-order valence-electron chi connectivity index (χ3n) is 3.67. The molecule has 0 saturated carbocycles. The number of pyridine rings is 1. The van der Waals surface area contributed by atoms with Gasteiger partial charge in [0, 0.05) is 24.2 Å². The average molecular weight is 287 g/mol. The molecule has 3 rings (SSSR count). The summed E-state index contributed by atoms with van der Waals surface area (Å²) in [6.07, 6.45) is 1.78. The summed E-state index contributed by atoms with van der Waals surface area (Å²) in [6.45, 7) is 4.42. The summed E-state index contributed by atoms with van der Waals surface area (Å²) >= 11 is 5.20. The van der Waals surface area contributed by atoms with Gasteiger partial charge in [-0.1, -0.05) is 30.4 Å². The van der Waals surface area contributed by atoms with Crippen molar-refractivity contribution in [3.05, 3.63) is 36.0 Å². The third kappa shape index (κ3) is 2.23. The Balaban J connectivity index is 2.24. The molecule has 1 saturated heterocycles. The molecule has 2 N–H and O–H groups in total. The molecule has 5 heteroatoms. The zero-order valence-corrected chi connectivity index (χ0v) is 12.2. The fourth-order valence-electron chi connectivity index (χ4n) is 2.68. The van der Waals surface area contributed by atoms with E-state index in [0.29, 0.717) is 17.6 Å². The lowest BCUT2D eigenvalue weighted by atomic mass is 10.1. The van der Waals surface area contributed by atoms with Gasteiger partial charge in [0.1, 0.15) is 4.99 Å². The first-order valence-electron chi connectivity index (χ1n) is 6.70. The van der Waals surface area contributed by atoms with Crippen molar-refractivity contribution in [1.82, 2.24) is 4.98 Å². The summed E-state index contributed by atoms with van der Waals surface area (Å²) in [7, 11) is 0. The van der Waals surface area contributed by atoms with E-state index >= 15 is 0 Å². The number of aromatic nitrogens is 1. The van der Waals surface area contributed by atoms with Gasteiger partial charge in [0.15, 0.2) is 0 Å². The minimum absolute atomic E-state index is 0.294. The maximum atomic E-state index is 5.89. The van der Waals surface area contributed by atoms with Gasteiger partial charge in [-0.2, -0.15) is 0 Å². The molecule has 0 amide bonds. The van der Waals surface area contributed by atoms with E-state index in [1.807, 2.05) is 18.2 Å². The molecule has 0 aliphatic carbocycles. The van der Waals surface area contributed by atoms with E-state index in [1.54, 1.807) is 6.20 Å². The Hall–Kier alpha value is -1.72. The molecule has 4 nitrogen and oxygen atoms in total. The molecule has 1 aromatic heterocycles. The second-order valence-electron chi connectivity index (χ2n) is 5.02. The fraction of sp³-hybridized carbons (Fsp3) is 0.333. The molecule has 1 atom stereocenters. The number of anilines is 1. The van der Waals surface area contributed by atoms with Crippen LogP contribution in [-0.2, 0) is 4.74 Å². The number of hydrogen-bond donors (Lipinski definition) is 1. The predicted molar refractivity (Wildman–Crippen MR) is 85.3 cm³/mol. The molecular weight excluding hydrogens is 270 g/mol. The van der Waals surface area contributed by atoms with Crippen LogP contribution < -0.4 is 10.6 Å². The first-order chi connectivity index (χ1) is 9.68. The summed E-state index contributed by atoms with van der Waals surface area (Å²) in [5.41, 5.74) is 8.77. The Morgan fingerprint density at radius 1 is 1.45 bits per heavy atom. The Kier molecular flexibility index (Phi) is 3.54. The number of rotatable bonds is 2. The third-order valence-corrected chi connectivity index (χ3v) is 3.89. The highest BCUT2D eigenvalue weighted by Gasteiger charge is 2.24. The van der Waals surface area contributed by atoms with Crippen LogP contribution in [0.15, 0.2) is 30.5 Å². The van der Waals surface area contributed by atoms with Crippen LogP contribution in [-0.4, -0.2) is 35.8 Å². The predicted octanol–water partition coefficient (Wildman–Crippen LogP) is 2.09. The van der Waals surface area contributed by atoms with E-state index in [0.717, 1.165) is 35.3 Å². The topological polar surface area (TPSA) is 51.4 Å². The average Bonchev–Trinajstić information content (AvgIpc) is 2.46. The summed E-state index contributed by atoms with van der Waals surface area (Å²) < 4.78 is 5.52. The lowest BCUT2D eigenvalue weighted by Crippen LogP contribution is -2.44. The summed E-state index contributed by atoms with van der Waals surface area (Å²) in [5.74, 6) is 0. The van der Waals surface area contributed by atoms with Gasteiger partial charge >= 0.3 is 0 Å². The molecule has 0 radical (unpaired) electrons. The van der Waals surface area contributed by atoms with Gasteiger partial charge in [-0.15, -0.1) is 0 Å². The lowest BCUT2D eigenvalue weighted by molar-refractivity contribution is 0.0991. The molecule has 1 aromatic carbocycles. The van der Waals surface area contributed by atoms with E-state index in [9.17, 15) is 0 Å². The van der Waals surface area contributed by atoms with Crippen molar-refractivity contribution in [2.24, 2.45) is 5.73 Å². The molecule has 1 aliphatic heterocycles. The number of morpholine rings is 1. The van der Waals surface area contributed by atoms with E-state index in [2.05, 4.69) is 22.9 Å². The molecular formula is C15H17N3OS. The monoisotopic (exact) mass is 287 g/mol. The molecule has 0 spiro atoms. The molecule has 104 valence electrons. The molecule has 2 aromatic rings. The Bertz CT molecular complexity index is 659. The van der Waals surface area contributed by atoms with Crippen molar-refractivity contribution in [3.63, 3.8) is 0 Å². The quantitative estimate of drug-likeness (QED) is 0.857. The number of hydrogen-bond acceptors (Lipinski definition) is 4. The number of ether oxygens (including phenoxy) is 1. The summed E-state index contributed by atoms with van der Waals surface area (Å²) in [4.78, 5) is 7.17. The minimum atomic E-state index is 0.294. The second-order valence-corrected chi connectivity index (χ2v) is 5.46. The van der Waals surface area contributed by atoms with E-state index in [1.165, 1.54) is 0 Å². The van der Waals surface area contributed by atoms with Crippen LogP contribution >= 0.6 is 12.2 Å². The van der Waals surface area contributed by atoms with E-state index in [-0.39, 0.29) is 0 Å². The first-order valence-corrected chi connectivity index (χ1v) is 7.11. The van der Waals surface area contributed by atoms with Crippen LogP contribution in [0.1, 0.15) is 12.5 Å². The van der Waals surface area contributed by atoms with Gasteiger partial charge in [-0.3, -0.25) is 4.98 Å². The van der Waals surface area contributed by atoms with Crippen LogP contribution in [0.4, 0.5) is 5.69 Å². The Labute approximate surface area is 123 Å². The van der Waals surface area contributed by atoms with Crippen molar-refractivity contribution in [1.29, 1.82) is 0 Å². The van der Waals surface area contributed by atoms with Gasteiger partial charge in [0.2, 0.25) is 0 Å². The zero-order valence-electron chi connectivity index (χ0n) is 11.4. The fourth-order valence-corrected chi connectivity index (χ4v) is 2.83. The molecule has 1 aliphatic rings. The largest absolute Gasteiger partial charge is 0.389 e. The van der Waals surface area contributed by atoms with Crippen molar-refractivity contribution in [2.75, 3.05) is 24.7 Å². The second kappa shape index (κ2) is 5.34. The lowest BCUT2D eigenvalue weighted by Gasteiger charge is -2.37. The highest BCUT2D eigenvalue weighted by Crippen LogP contribution is 2.31. The van der Waals surface area contributed by atoms with Crippen molar-refractivity contribution in [3.8, 4) is 0 Å². The van der Waals surface area contributed by atoms with E-state index in [4.69, 9.17) is 22.7 Å². The van der Waals surface area contributed by atoms with Crippen LogP contribution in [0.3, 0.4) is 0 Å². The van der Waals surface area contributed by atoms with E-state index < -0.39 is 0 Å². The first kappa shape index (κ1) is 13.3. The Morgan fingerprint density at radius 2 is 2.25 bits per heavy atom. The standard InChI is InChI=1S/C15H17N3OS/c1-10-9-19-7-6-18(10)14-11-4-2-3-5-13(11)17-8-12(14)15(16)20/h2-5,8,10H,6-7,9H2,1H3,(H2,16,20). The van der Waals surface area contributed by atoms with Gasteiger partial charge in [-0.25, -0.2) is 0 Å². The number of thiocarbonyl (C=S) groups is 1. The minimum Gasteiger partial charge on any atom is -0.389 e. The molecule has 2 heterocycles.